The second-order valence-electron chi connectivity index (χ2n) is 4.61. The average molecular weight is 271 g/mol. The predicted octanol–water partition coefficient (Wildman–Crippen LogP) is 2.87. The molecule has 2 N–H and O–H groups in total. The van der Waals surface area contributed by atoms with Crippen molar-refractivity contribution in [1.82, 2.24) is 5.32 Å². The molecule has 2 rings (SSSR count). The van der Waals surface area contributed by atoms with Crippen LogP contribution in [-0.2, 0) is 4.79 Å². The van der Waals surface area contributed by atoms with Gasteiger partial charge in [0.05, 0.1) is 10.7 Å². The number of carbonyl (C=O) groups excluding carboxylic acids is 1. The summed E-state index contributed by atoms with van der Waals surface area (Å²) >= 11 is 5.87. The Morgan fingerprint density at radius 1 is 1.50 bits per heavy atom. The first-order valence-electron chi connectivity index (χ1n) is 6.05. The highest BCUT2D eigenvalue weighted by molar-refractivity contribution is 6.33. The van der Waals surface area contributed by atoms with E-state index in [1.165, 1.54) is 18.9 Å². The molecule has 0 bridgehead atoms. The minimum absolute atomic E-state index is 0.115. The topological polar surface area (TPSA) is 41.1 Å². The van der Waals surface area contributed by atoms with Crippen LogP contribution >= 0.6 is 11.6 Å². The zero-order valence-corrected chi connectivity index (χ0v) is 11.0. The molecular weight excluding hydrogens is 255 g/mol. The van der Waals surface area contributed by atoms with Gasteiger partial charge in [-0.15, -0.1) is 0 Å². The van der Waals surface area contributed by atoms with E-state index in [0.717, 1.165) is 0 Å². The lowest BCUT2D eigenvalue weighted by Crippen LogP contribution is -2.23. The average Bonchev–Trinajstić information content (AvgIpc) is 3.10. The summed E-state index contributed by atoms with van der Waals surface area (Å²) in [5.74, 6) is -0.482. The van der Waals surface area contributed by atoms with Gasteiger partial charge >= 0.3 is 0 Å². The fraction of sp³-hybridized carbons (Fsp3) is 0.462. The number of nitrogens with one attached hydrogen (secondary N) is 2. The van der Waals surface area contributed by atoms with Gasteiger partial charge in [-0.05, 0) is 37.5 Å². The Balaban J connectivity index is 1.87. The summed E-state index contributed by atoms with van der Waals surface area (Å²) in [5, 5.41) is 6.17. The number of hydrogen-bond acceptors (Lipinski definition) is 2. The van der Waals surface area contributed by atoms with Crippen molar-refractivity contribution < 1.29 is 9.18 Å². The van der Waals surface area contributed by atoms with Gasteiger partial charge in [0.2, 0.25) is 5.91 Å². The molecule has 1 aromatic rings. The highest BCUT2D eigenvalue weighted by atomic mass is 35.5. The van der Waals surface area contributed by atoms with E-state index in [0.29, 0.717) is 30.3 Å². The van der Waals surface area contributed by atoms with E-state index in [1.807, 2.05) is 0 Å². The van der Waals surface area contributed by atoms with Gasteiger partial charge in [-0.25, -0.2) is 4.39 Å². The van der Waals surface area contributed by atoms with E-state index < -0.39 is 0 Å². The first-order valence-corrected chi connectivity index (χ1v) is 6.43. The predicted molar refractivity (Wildman–Crippen MR) is 70.4 cm³/mol. The lowest BCUT2D eigenvalue weighted by atomic mass is 10.2. The number of amides is 1. The summed E-state index contributed by atoms with van der Waals surface area (Å²) in [6.07, 6.45) is 2.79. The number of halogens is 2. The molecule has 1 aromatic carbocycles. The third-order valence-electron chi connectivity index (χ3n) is 2.88. The standard InChI is InChI=1S/C13H16ClFN2O/c1-8-6-12(10(14)7-11(8)15)17-13(18)4-5-16-9-2-3-9/h6-7,9,16H,2-5H2,1H3,(H,17,18). The van der Waals surface area contributed by atoms with Gasteiger partial charge in [0.25, 0.3) is 0 Å². The van der Waals surface area contributed by atoms with Crippen LogP contribution in [0.1, 0.15) is 24.8 Å². The van der Waals surface area contributed by atoms with Crippen molar-refractivity contribution in [3.63, 3.8) is 0 Å². The Morgan fingerprint density at radius 2 is 2.22 bits per heavy atom. The second-order valence-corrected chi connectivity index (χ2v) is 5.02. The van der Waals surface area contributed by atoms with Crippen LogP contribution < -0.4 is 10.6 Å². The Hall–Kier alpha value is -1.13. The summed E-state index contributed by atoms with van der Waals surface area (Å²) in [6, 6.07) is 3.35. The minimum atomic E-state index is -0.367. The fourth-order valence-electron chi connectivity index (χ4n) is 1.64. The summed E-state index contributed by atoms with van der Waals surface area (Å²) in [6.45, 7) is 2.30. The van der Waals surface area contributed by atoms with Gasteiger partial charge in [0.1, 0.15) is 5.82 Å². The highest BCUT2D eigenvalue weighted by Crippen LogP contribution is 2.25. The van der Waals surface area contributed by atoms with E-state index in [9.17, 15) is 9.18 Å². The smallest absolute Gasteiger partial charge is 0.225 e. The number of benzene rings is 1. The Morgan fingerprint density at radius 3 is 2.89 bits per heavy atom. The maximum Gasteiger partial charge on any atom is 0.225 e. The molecule has 1 amide bonds. The molecule has 3 nitrogen and oxygen atoms in total. The molecule has 1 saturated carbocycles. The molecule has 0 spiro atoms. The zero-order valence-electron chi connectivity index (χ0n) is 10.2. The van der Waals surface area contributed by atoms with E-state index in [1.54, 1.807) is 13.0 Å². The molecule has 1 aliphatic rings. The largest absolute Gasteiger partial charge is 0.325 e. The van der Waals surface area contributed by atoms with Gasteiger partial charge in [-0.2, -0.15) is 0 Å². The molecule has 0 unspecified atom stereocenters. The molecule has 1 fully saturated rings. The van der Waals surface area contributed by atoms with Gasteiger partial charge in [-0.3, -0.25) is 4.79 Å². The molecule has 5 heteroatoms. The molecular formula is C13H16ClFN2O. The first-order chi connectivity index (χ1) is 8.56. The molecule has 0 saturated heterocycles. The number of carbonyl (C=O) groups is 1. The van der Waals surface area contributed by atoms with Crippen LogP contribution in [0.25, 0.3) is 0 Å². The van der Waals surface area contributed by atoms with Gasteiger partial charge in [0, 0.05) is 19.0 Å². The Bertz CT molecular complexity index is 461. The van der Waals surface area contributed by atoms with Crippen molar-refractivity contribution in [2.75, 3.05) is 11.9 Å². The van der Waals surface area contributed by atoms with Crippen LogP contribution in [0.5, 0.6) is 0 Å². The lowest BCUT2D eigenvalue weighted by Gasteiger charge is -2.09. The van der Waals surface area contributed by atoms with Crippen molar-refractivity contribution >= 4 is 23.2 Å². The van der Waals surface area contributed by atoms with Gasteiger partial charge in [-0.1, -0.05) is 11.6 Å². The number of anilines is 1. The number of aryl methyl sites for hydroxylation is 1. The van der Waals surface area contributed by atoms with Crippen molar-refractivity contribution in [1.29, 1.82) is 0 Å². The van der Waals surface area contributed by atoms with Crippen molar-refractivity contribution in [2.45, 2.75) is 32.2 Å². The highest BCUT2D eigenvalue weighted by Gasteiger charge is 2.20. The lowest BCUT2D eigenvalue weighted by molar-refractivity contribution is -0.116. The second kappa shape index (κ2) is 5.67. The summed E-state index contributed by atoms with van der Waals surface area (Å²) in [5.41, 5.74) is 0.929. The Labute approximate surface area is 111 Å². The van der Waals surface area contributed by atoms with Crippen molar-refractivity contribution in [2.24, 2.45) is 0 Å². The van der Waals surface area contributed by atoms with Crippen LogP contribution in [-0.4, -0.2) is 18.5 Å². The van der Waals surface area contributed by atoms with Crippen molar-refractivity contribution in [3.8, 4) is 0 Å². The molecule has 0 radical (unpaired) electrons. The van der Waals surface area contributed by atoms with E-state index in [2.05, 4.69) is 10.6 Å². The van der Waals surface area contributed by atoms with E-state index in [4.69, 9.17) is 11.6 Å². The van der Waals surface area contributed by atoms with Crippen LogP contribution in [0.3, 0.4) is 0 Å². The maximum atomic E-state index is 13.2. The summed E-state index contributed by atoms with van der Waals surface area (Å²) in [4.78, 5) is 11.7. The molecule has 0 aliphatic heterocycles. The SMILES string of the molecule is Cc1cc(NC(=O)CCNC2CC2)c(Cl)cc1F. The minimum Gasteiger partial charge on any atom is -0.325 e. The van der Waals surface area contributed by atoms with Crippen LogP contribution in [0.15, 0.2) is 12.1 Å². The molecule has 1 aliphatic carbocycles. The third kappa shape index (κ3) is 3.68. The number of hydrogen-bond donors (Lipinski definition) is 2. The van der Waals surface area contributed by atoms with Crippen LogP contribution in [0.2, 0.25) is 5.02 Å². The van der Waals surface area contributed by atoms with Gasteiger partial charge < -0.3 is 10.6 Å². The normalized spacial score (nSPS) is 14.6. The molecule has 0 heterocycles. The van der Waals surface area contributed by atoms with Crippen LogP contribution in [0.4, 0.5) is 10.1 Å². The summed E-state index contributed by atoms with van der Waals surface area (Å²) in [7, 11) is 0. The molecule has 0 atom stereocenters. The third-order valence-corrected chi connectivity index (χ3v) is 3.20. The quantitative estimate of drug-likeness (QED) is 0.864. The zero-order chi connectivity index (χ0) is 13.1. The molecule has 98 valence electrons. The maximum absolute atomic E-state index is 13.2. The fourth-order valence-corrected chi connectivity index (χ4v) is 1.84. The van der Waals surface area contributed by atoms with Crippen LogP contribution in [0, 0.1) is 12.7 Å². The summed E-state index contributed by atoms with van der Waals surface area (Å²) < 4.78 is 13.2. The Kier molecular flexibility index (Phi) is 4.19. The van der Waals surface area contributed by atoms with E-state index >= 15 is 0 Å². The van der Waals surface area contributed by atoms with E-state index in [-0.39, 0.29) is 16.7 Å². The monoisotopic (exact) mass is 270 g/mol. The first kappa shape index (κ1) is 13.3. The van der Waals surface area contributed by atoms with Crippen molar-refractivity contribution in [3.05, 3.63) is 28.5 Å². The number of rotatable bonds is 5. The molecule has 18 heavy (non-hydrogen) atoms. The van der Waals surface area contributed by atoms with Gasteiger partial charge in [0.15, 0.2) is 0 Å². The molecule has 0 aromatic heterocycles.